The van der Waals surface area contributed by atoms with Crippen molar-refractivity contribution < 1.29 is 27.8 Å². The van der Waals surface area contributed by atoms with E-state index < -0.39 is 23.2 Å². The van der Waals surface area contributed by atoms with Gasteiger partial charge in [0.05, 0.1) is 17.2 Å². The minimum atomic E-state index is -4.63. The van der Waals surface area contributed by atoms with E-state index in [1.807, 2.05) is 0 Å². The fourth-order valence-electron chi connectivity index (χ4n) is 2.07. The Bertz CT molecular complexity index is 742. The summed E-state index contributed by atoms with van der Waals surface area (Å²) >= 11 is 0. The number of aromatic hydroxyl groups is 1. The number of hydrogen-bond donors (Lipinski definition) is 2. The van der Waals surface area contributed by atoms with Crippen molar-refractivity contribution in [2.75, 3.05) is 5.32 Å². The highest BCUT2D eigenvalue weighted by molar-refractivity contribution is 6.05. The molecule has 0 atom stereocenters. The predicted molar refractivity (Wildman–Crippen MR) is 83.3 cm³/mol. The average Bonchev–Trinajstić information content (AvgIpc) is 2.49. The lowest BCUT2D eigenvalue weighted by Gasteiger charge is -2.15. The first kappa shape index (κ1) is 17.7. The molecule has 0 unspecified atom stereocenters. The Labute approximate surface area is 136 Å². The van der Waals surface area contributed by atoms with E-state index >= 15 is 0 Å². The maximum Gasteiger partial charge on any atom is 0.417 e. The van der Waals surface area contributed by atoms with Gasteiger partial charge in [-0.1, -0.05) is 12.1 Å². The molecule has 2 aromatic carbocycles. The van der Waals surface area contributed by atoms with Crippen LogP contribution < -0.4 is 10.1 Å². The van der Waals surface area contributed by atoms with Gasteiger partial charge in [0, 0.05) is 11.8 Å². The maximum absolute atomic E-state index is 13.0. The van der Waals surface area contributed by atoms with Gasteiger partial charge in [-0.3, -0.25) is 4.79 Å². The van der Waals surface area contributed by atoms with Gasteiger partial charge in [0.2, 0.25) is 0 Å². The second-order valence-electron chi connectivity index (χ2n) is 5.35. The number of alkyl halides is 3. The smallest absolute Gasteiger partial charge is 0.417 e. The van der Waals surface area contributed by atoms with Gasteiger partial charge in [0.25, 0.3) is 5.91 Å². The largest absolute Gasteiger partial charge is 0.504 e. The molecule has 0 spiro atoms. The second-order valence-corrected chi connectivity index (χ2v) is 5.35. The van der Waals surface area contributed by atoms with Crippen molar-refractivity contribution >= 4 is 11.6 Å². The Morgan fingerprint density at radius 1 is 1.17 bits per heavy atom. The lowest BCUT2D eigenvalue weighted by atomic mass is 10.1. The van der Waals surface area contributed by atoms with Gasteiger partial charge in [-0.2, -0.15) is 13.2 Å². The highest BCUT2D eigenvalue weighted by atomic mass is 19.4. The summed E-state index contributed by atoms with van der Waals surface area (Å²) in [7, 11) is 0. The van der Waals surface area contributed by atoms with Crippen molar-refractivity contribution in [1.29, 1.82) is 0 Å². The van der Waals surface area contributed by atoms with E-state index in [1.165, 1.54) is 30.3 Å². The number of halogens is 3. The molecule has 2 rings (SSSR count). The van der Waals surface area contributed by atoms with Crippen LogP contribution in [0.25, 0.3) is 0 Å². The Kier molecular flexibility index (Phi) is 5.02. The quantitative estimate of drug-likeness (QED) is 0.809. The van der Waals surface area contributed by atoms with Gasteiger partial charge in [-0.25, -0.2) is 0 Å². The third-order valence-electron chi connectivity index (χ3n) is 3.06. The van der Waals surface area contributed by atoms with Crippen LogP contribution in [0.15, 0.2) is 42.5 Å². The van der Waals surface area contributed by atoms with Crippen molar-refractivity contribution in [3.05, 3.63) is 53.6 Å². The molecule has 0 heterocycles. The molecule has 0 aliphatic heterocycles. The van der Waals surface area contributed by atoms with Gasteiger partial charge >= 0.3 is 6.18 Å². The molecular weight excluding hydrogens is 323 g/mol. The van der Waals surface area contributed by atoms with Crippen LogP contribution in [0.1, 0.15) is 29.8 Å². The first-order valence-corrected chi connectivity index (χ1v) is 7.15. The summed E-state index contributed by atoms with van der Waals surface area (Å²) in [6.45, 7) is 3.51. The standard InChI is InChI=1S/C17H16F3NO3/c1-10(2)24-15-9-11(7-8-14(15)22)21-16(23)12-5-3-4-6-13(12)17(18,19)20/h3-10,22H,1-2H3,(H,21,23). The highest BCUT2D eigenvalue weighted by Crippen LogP contribution is 2.33. The molecule has 7 heteroatoms. The van der Waals surface area contributed by atoms with E-state index in [9.17, 15) is 23.1 Å². The van der Waals surface area contributed by atoms with Crippen molar-refractivity contribution in [1.82, 2.24) is 0 Å². The summed E-state index contributed by atoms with van der Waals surface area (Å²) in [6.07, 6.45) is -4.85. The molecule has 4 nitrogen and oxygen atoms in total. The van der Waals surface area contributed by atoms with Crippen LogP contribution >= 0.6 is 0 Å². The lowest BCUT2D eigenvalue weighted by Crippen LogP contribution is -2.18. The Balaban J connectivity index is 2.28. The Hall–Kier alpha value is -2.70. The van der Waals surface area contributed by atoms with Crippen LogP contribution in [0.2, 0.25) is 0 Å². The average molecular weight is 339 g/mol. The van der Waals surface area contributed by atoms with Crippen molar-refractivity contribution in [2.24, 2.45) is 0 Å². The summed E-state index contributed by atoms with van der Waals surface area (Å²) in [6, 6.07) is 8.54. The molecular formula is C17H16F3NO3. The van der Waals surface area contributed by atoms with E-state index in [1.54, 1.807) is 13.8 Å². The van der Waals surface area contributed by atoms with E-state index in [-0.39, 0.29) is 23.3 Å². The van der Waals surface area contributed by atoms with Gasteiger partial charge in [-0.05, 0) is 38.1 Å². The molecule has 0 fully saturated rings. The van der Waals surface area contributed by atoms with Crippen LogP contribution in [0.4, 0.5) is 18.9 Å². The number of carbonyl (C=O) groups is 1. The Morgan fingerprint density at radius 3 is 2.46 bits per heavy atom. The summed E-state index contributed by atoms with van der Waals surface area (Å²) in [5.74, 6) is -0.895. The number of amides is 1. The maximum atomic E-state index is 13.0. The number of hydrogen-bond acceptors (Lipinski definition) is 3. The summed E-state index contributed by atoms with van der Waals surface area (Å²) in [5.41, 5.74) is -1.28. The minimum absolute atomic E-state index is 0.127. The van der Waals surface area contributed by atoms with Crippen molar-refractivity contribution in [3.63, 3.8) is 0 Å². The molecule has 0 radical (unpaired) electrons. The molecule has 128 valence electrons. The number of rotatable bonds is 4. The SMILES string of the molecule is CC(C)Oc1cc(NC(=O)c2ccccc2C(F)(F)F)ccc1O. The monoisotopic (exact) mass is 339 g/mol. The first-order chi connectivity index (χ1) is 11.2. The van der Waals surface area contributed by atoms with Crippen LogP contribution in [0.5, 0.6) is 11.5 Å². The van der Waals surface area contributed by atoms with Crippen LogP contribution in [-0.2, 0) is 6.18 Å². The number of benzene rings is 2. The van der Waals surface area contributed by atoms with Crippen LogP contribution in [0.3, 0.4) is 0 Å². The zero-order chi connectivity index (χ0) is 17.9. The number of anilines is 1. The minimum Gasteiger partial charge on any atom is -0.504 e. The van der Waals surface area contributed by atoms with E-state index in [4.69, 9.17) is 4.74 Å². The van der Waals surface area contributed by atoms with Gasteiger partial charge in [-0.15, -0.1) is 0 Å². The fraction of sp³-hybridized carbons (Fsp3) is 0.235. The second kappa shape index (κ2) is 6.82. The molecule has 1 amide bonds. The van der Waals surface area contributed by atoms with Gasteiger partial charge in [0.1, 0.15) is 0 Å². The van der Waals surface area contributed by atoms with E-state index in [0.29, 0.717) is 0 Å². The lowest BCUT2D eigenvalue weighted by molar-refractivity contribution is -0.137. The zero-order valence-electron chi connectivity index (χ0n) is 13.0. The Morgan fingerprint density at radius 2 is 1.83 bits per heavy atom. The number of phenolic OH excluding ortho intramolecular Hbond substituents is 1. The predicted octanol–water partition coefficient (Wildman–Crippen LogP) is 4.45. The van der Waals surface area contributed by atoms with Gasteiger partial charge in [0.15, 0.2) is 11.5 Å². The van der Waals surface area contributed by atoms with Crippen LogP contribution in [-0.4, -0.2) is 17.1 Å². The van der Waals surface area contributed by atoms with Crippen molar-refractivity contribution in [3.8, 4) is 11.5 Å². The molecule has 0 saturated carbocycles. The third-order valence-corrected chi connectivity index (χ3v) is 3.06. The summed E-state index contributed by atoms with van der Waals surface area (Å²) in [5, 5.41) is 12.1. The van der Waals surface area contributed by atoms with E-state index in [0.717, 1.165) is 12.1 Å². The van der Waals surface area contributed by atoms with E-state index in [2.05, 4.69) is 5.32 Å². The fourth-order valence-corrected chi connectivity index (χ4v) is 2.07. The normalized spacial score (nSPS) is 11.4. The number of ether oxygens (including phenoxy) is 1. The summed E-state index contributed by atoms with van der Waals surface area (Å²) in [4.78, 5) is 12.2. The number of phenols is 1. The topological polar surface area (TPSA) is 58.6 Å². The molecule has 0 aliphatic carbocycles. The molecule has 0 bridgehead atoms. The third kappa shape index (κ3) is 4.18. The zero-order valence-corrected chi connectivity index (χ0v) is 13.0. The number of carbonyl (C=O) groups excluding carboxylic acids is 1. The molecule has 24 heavy (non-hydrogen) atoms. The summed E-state index contributed by atoms with van der Waals surface area (Å²) < 4.78 is 44.3. The van der Waals surface area contributed by atoms with Crippen molar-refractivity contribution in [2.45, 2.75) is 26.1 Å². The first-order valence-electron chi connectivity index (χ1n) is 7.15. The molecule has 0 aromatic heterocycles. The molecule has 0 saturated heterocycles. The molecule has 2 aromatic rings. The van der Waals surface area contributed by atoms with Gasteiger partial charge < -0.3 is 15.2 Å². The highest BCUT2D eigenvalue weighted by Gasteiger charge is 2.34. The number of nitrogens with one attached hydrogen (secondary N) is 1. The van der Waals surface area contributed by atoms with Crippen LogP contribution in [0, 0.1) is 0 Å². The molecule has 2 N–H and O–H groups in total. The molecule has 0 aliphatic rings.